The fourth-order valence-electron chi connectivity index (χ4n) is 2.87. The number of hydrogen-bond donors (Lipinski definition) is 1. The Morgan fingerprint density at radius 1 is 1.16 bits per heavy atom. The fourth-order valence-corrected chi connectivity index (χ4v) is 3.55. The molecule has 0 spiro atoms. The van der Waals surface area contributed by atoms with Crippen molar-refractivity contribution in [3.8, 4) is 0 Å². The summed E-state index contributed by atoms with van der Waals surface area (Å²) in [6.07, 6.45) is 3.81. The van der Waals surface area contributed by atoms with Crippen molar-refractivity contribution in [3.05, 3.63) is 76.6 Å². The van der Waals surface area contributed by atoms with Crippen LogP contribution in [0.4, 0.5) is 4.39 Å². The molecule has 2 heterocycles. The van der Waals surface area contributed by atoms with E-state index in [4.69, 9.17) is 5.73 Å². The van der Waals surface area contributed by atoms with Gasteiger partial charge in [0, 0.05) is 29.2 Å². The monoisotopic (exact) mass is 351 g/mol. The molecular weight excluding hydrogens is 337 g/mol. The topological polar surface area (TPSA) is 60.4 Å². The second kappa shape index (κ2) is 6.22. The zero-order valence-electron chi connectivity index (χ0n) is 13.1. The normalized spacial score (nSPS) is 16.0. The molecule has 25 heavy (non-hydrogen) atoms. The summed E-state index contributed by atoms with van der Waals surface area (Å²) in [7, 11) is 0. The highest BCUT2D eigenvalue weighted by Crippen LogP contribution is 2.30. The average Bonchev–Trinajstić information content (AvgIpc) is 3.10. The van der Waals surface area contributed by atoms with E-state index < -0.39 is 0 Å². The molecule has 4 rings (SSSR count). The molecule has 0 bridgehead atoms. The van der Waals surface area contributed by atoms with Gasteiger partial charge in [0.2, 0.25) is 0 Å². The predicted octanol–water partition coefficient (Wildman–Crippen LogP) is 3.76. The van der Waals surface area contributed by atoms with Crippen molar-refractivity contribution in [1.29, 1.82) is 0 Å². The predicted molar refractivity (Wildman–Crippen MR) is 99.6 cm³/mol. The first-order chi connectivity index (χ1) is 12.1. The van der Waals surface area contributed by atoms with Crippen molar-refractivity contribution >= 4 is 39.8 Å². The van der Waals surface area contributed by atoms with Gasteiger partial charge in [-0.2, -0.15) is 4.99 Å². The Labute approximate surface area is 147 Å². The summed E-state index contributed by atoms with van der Waals surface area (Å²) >= 11 is 1.18. The summed E-state index contributed by atoms with van der Waals surface area (Å²) in [5, 5.41) is 1.31. The van der Waals surface area contributed by atoms with Gasteiger partial charge in [0.1, 0.15) is 5.82 Å². The van der Waals surface area contributed by atoms with Gasteiger partial charge in [-0.3, -0.25) is 4.79 Å². The number of halogens is 1. The third-order valence-electron chi connectivity index (χ3n) is 4.01. The molecule has 1 amide bonds. The SMILES string of the molecule is NC1=NC(=O)/C(=C\c2cn(Cc3ccc(F)cc3)c3ccccc23)S1. The highest BCUT2D eigenvalue weighted by atomic mass is 32.2. The van der Waals surface area contributed by atoms with Crippen molar-refractivity contribution in [2.45, 2.75) is 6.54 Å². The van der Waals surface area contributed by atoms with Crippen LogP contribution >= 0.6 is 11.8 Å². The van der Waals surface area contributed by atoms with Gasteiger partial charge in [-0.15, -0.1) is 0 Å². The number of nitrogens with two attached hydrogens (primary N) is 1. The third kappa shape index (κ3) is 3.08. The smallest absolute Gasteiger partial charge is 0.286 e. The van der Waals surface area contributed by atoms with E-state index >= 15 is 0 Å². The third-order valence-corrected chi connectivity index (χ3v) is 4.82. The number of aromatic nitrogens is 1. The van der Waals surface area contributed by atoms with Gasteiger partial charge in [0.15, 0.2) is 5.17 Å². The van der Waals surface area contributed by atoms with E-state index in [9.17, 15) is 9.18 Å². The van der Waals surface area contributed by atoms with Crippen LogP contribution in [0.2, 0.25) is 0 Å². The minimum absolute atomic E-state index is 0.249. The number of rotatable bonds is 3. The molecule has 1 aromatic heterocycles. The first-order valence-electron chi connectivity index (χ1n) is 7.70. The van der Waals surface area contributed by atoms with Crippen molar-refractivity contribution < 1.29 is 9.18 Å². The van der Waals surface area contributed by atoms with E-state index in [1.54, 1.807) is 12.1 Å². The highest BCUT2D eigenvalue weighted by Gasteiger charge is 2.20. The molecule has 0 radical (unpaired) electrons. The van der Waals surface area contributed by atoms with Crippen LogP contribution in [0.25, 0.3) is 17.0 Å². The molecule has 4 nitrogen and oxygen atoms in total. The lowest BCUT2D eigenvalue weighted by Gasteiger charge is -2.05. The summed E-state index contributed by atoms with van der Waals surface area (Å²) in [5.74, 6) is -0.557. The van der Waals surface area contributed by atoms with Gasteiger partial charge in [-0.1, -0.05) is 30.3 Å². The molecule has 1 aliphatic heterocycles. The van der Waals surface area contributed by atoms with Crippen molar-refractivity contribution in [2.75, 3.05) is 0 Å². The van der Waals surface area contributed by atoms with Crippen LogP contribution < -0.4 is 5.73 Å². The number of carbonyl (C=O) groups is 1. The first kappa shape index (κ1) is 15.7. The fraction of sp³-hybridized carbons (Fsp3) is 0.0526. The molecule has 0 saturated carbocycles. The quantitative estimate of drug-likeness (QED) is 0.731. The Hall–Kier alpha value is -2.86. The van der Waals surface area contributed by atoms with Crippen LogP contribution in [0, 0.1) is 5.82 Å². The van der Waals surface area contributed by atoms with Crippen molar-refractivity contribution in [2.24, 2.45) is 10.7 Å². The summed E-state index contributed by atoms with van der Waals surface area (Å²) in [5.41, 5.74) is 8.59. The molecule has 0 saturated heterocycles. The van der Waals surface area contributed by atoms with E-state index in [0.29, 0.717) is 11.4 Å². The Morgan fingerprint density at radius 3 is 2.64 bits per heavy atom. The number of amides is 1. The van der Waals surface area contributed by atoms with Crippen LogP contribution in [0.1, 0.15) is 11.1 Å². The van der Waals surface area contributed by atoms with Gasteiger partial charge >= 0.3 is 0 Å². The molecule has 1 aliphatic rings. The summed E-state index contributed by atoms with van der Waals surface area (Å²) in [6.45, 7) is 0.615. The Bertz CT molecular complexity index is 1030. The minimum atomic E-state index is -0.308. The number of fused-ring (bicyclic) bond motifs is 1. The number of thioether (sulfide) groups is 1. The molecule has 6 heteroatoms. The van der Waals surface area contributed by atoms with E-state index in [1.165, 1.54) is 23.9 Å². The van der Waals surface area contributed by atoms with E-state index in [1.807, 2.05) is 36.5 Å². The number of aliphatic imine (C=N–C) groups is 1. The summed E-state index contributed by atoms with van der Waals surface area (Å²) in [4.78, 5) is 16.1. The Morgan fingerprint density at radius 2 is 1.92 bits per heavy atom. The number of benzene rings is 2. The summed E-state index contributed by atoms with van der Waals surface area (Å²) in [6, 6.07) is 14.4. The zero-order valence-corrected chi connectivity index (χ0v) is 14.0. The van der Waals surface area contributed by atoms with E-state index in [-0.39, 0.29) is 16.9 Å². The minimum Gasteiger partial charge on any atom is -0.378 e. The number of amidine groups is 1. The largest absolute Gasteiger partial charge is 0.378 e. The molecule has 0 aliphatic carbocycles. The number of carbonyl (C=O) groups excluding carboxylic acids is 1. The maximum atomic E-state index is 13.1. The molecule has 0 fully saturated rings. The number of nitrogens with zero attached hydrogens (tertiary/aromatic N) is 2. The van der Waals surface area contributed by atoms with Crippen LogP contribution in [0.15, 0.2) is 64.6 Å². The average molecular weight is 351 g/mol. The Balaban J connectivity index is 1.75. The molecule has 3 aromatic rings. The van der Waals surface area contributed by atoms with Gasteiger partial charge in [0.25, 0.3) is 5.91 Å². The second-order valence-corrected chi connectivity index (χ2v) is 6.78. The van der Waals surface area contributed by atoms with Gasteiger partial charge in [-0.05, 0) is 41.6 Å². The maximum Gasteiger partial charge on any atom is 0.286 e. The molecular formula is C19H14FN3OS. The second-order valence-electron chi connectivity index (χ2n) is 5.72. The van der Waals surface area contributed by atoms with Crippen molar-refractivity contribution in [1.82, 2.24) is 4.57 Å². The van der Waals surface area contributed by atoms with E-state index in [2.05, 4.69) is 9.56 Å². The zero-order chi connectivity index (χ0) is 17.4. The van der Waals surface area contributed by atoms with Gasteiger partial charge < -0.3 is 10.3 Å². The number of para-hydroxylation sites is 1. The maximum absolute atomic E-state index is 13.1. The lowest BCUT2D eigenvalue weighted by Crippen LogP contribution is -2.01. The van der Waals surface area contributed by atoms with E-state index in [0.717, 1.165) is 22.0 Å². The van der Waals surface area contributed by atoms with Crippen molar-refractivity contribution in [3.63, 3.8) is 0 Å². The Kier molecular flexibility index (Phi) is 3.89. The van der Waals surface area contributed by atoms with Gasteiger partial charge in [-0.25, -0.2) is 4.39 Å². The molecule has 2 aromatic carbocycles. The standard InChI is InChI=1S/C19H14FN3OS/c20-14-7-5-12(6-8-14)10-23-11-13(15-3-1-2-4-16(15)23)9-17-18(24)22-19(21)25-17/h1-9,11H,10H2,(H2,21,22,24)/b17-9+. The first-order valence-corrected chi connectivity index (χ1v) is 8.52. The summed E-state index contributed by atoms with van der Waals surface area (Å²) < 4.78 is 15.2. The molecule has 124 valence electrons. The van der Waals surface area contributed by atoms with Crippen LogP contribution in [-0.2, 0) is 11.3 Å². The lowest BCUT2D eigenvalue weighted by molar-refractivity contribution is -0.113. The molecule has 0 atom stereocenters. The van der Waals surface area contributed by atoms with Crippen LogP contribution in [-0.4, -0.2) is 15.6 Å². The van der Waals surface area contributed by atoms with Gasteiger partial charge in [0.05, 0.1) is 4.91 Å². The van der Waals surface area contributed by atoms with Crippen LogP contribution in [0.5, 0.6) is 0 Å². The molecule has 0 unspecified atom stereocenters. The van der Waals surface area contributed by atoms with Crippen LogP contribution in [0.3, 0.4) is 0 Å². The highest BCUT2D eigenvalue weighted by molar-refractivity contribution is 8.18. The lowest BCUT2D eigenvalue weighted by atomic mass is 10.1. The number of hydrogen-bond acceptors (Lipinski definition) is 3. The molecule has 2 N–H and O–H groups in total.